The summed E-state index contributed by atoms with van der Waals surface area (Å²) in [5.41, 5.74) is 0.000623. The van der Waals surface area contributed by atoms with Crippen molar-refractivity contribution in [2.24, 2.45) is 46.3 Å². The van der Waals surface area contributed by atoms with Crippen LogP contribution in [0.25, 0.3) is 0 Å². The Hall–Kier alpha value is -1.12. The molecule has 0 spiro atoms. The monoisotopic (exact) mass is 402 g/mol. The summed E-state index contributed by atoms with van der Waals surface area (Å²) in [6.45, 7) is 11.6. The van der Waals surface area contributed by atoms with Gasteiger partial charge in [-0.25, -0.2) is 0 Å². The van der Waals surface area contributed by atoms with Gasteiger partial charge in [-0.3, -0.25) is 9.59 Å². The quantitative estimate of drug-likeness (QED) is 0.527. The molecule has 0 radical (unpaired) electrons. The minimum absolute atomic E-state index is 0.150. The van der Waals surface area contributed by atoms with E-state index in [4.69, 9.17) is 0 Å². The highest BCUT2D eigenvalue weighted by Gasteiger charge is 2.59. The van der Waals surface area contributed by atoms with Crippen molar-refractivity contribution in [3.05, 3.63) is 12.2 Å². The molecule has 0 amide bonds. The third-order valence-electron chi connectivity index (χ3n) is 9.16. The summed E-state index contributed by atoms with van der Waals surface area (Å²) >= 11 is 0. The molecule has 0 aromatic rings. The second kappa shape index (κ2) is 8.55. The number of carbonyl (C=O) groups is 2. The highest BCUT2D eigenvalue weighted by Crippen LogP contribution is 2.64. The van der Waals surface area contributed by atoms with E-state index < -0.39 is 5.97 Å². The lowest BCUT2D eigenvalue weighted by molar-refractivity contribution is -0.156. The van der Waals surface area contributed by atoms with Crippen molar-refractivity contribution in [2.45, 2.75) is 92.4 Å². The fourth-order valence-electron chi connectivity index (χ4n) is 7.40. The molecule has 2 fully saturated rings. The van der Waals surface area contributed by atoms with Gasteiger partial charge in [0.05, 0.1) is 5.92 Å². The van der Waals surface area contributed by atoms with Gasteiger partial charge in [-0.05, 0) is 78.6 Å². The molecule has 7 unspecified atom stereocenters. The van der Waals surface area contributed by atoms with Crippen molar-refractivity contribution in [2.75, 3.05) is 0 Å². The molecular formula is C26H42O3. The fourth-order valence-corrected chi connectivity index (χ4v) is 7.40. The smallest absolute Gasteiger partial charge is 0.307 e. The van der Waals surface area contributed by atoms with Gasteiger partial charge in [-0.15, -0.1) is 0 Å². The molecule has 0 aromatic carbocycles. The fraction of sp³-hybridized carbons (Fsp3) is 0.846. The Labute approximate surface area is 177 Å². The lowest BCUT2D eigenvalue weighted by Gasteiger charge is -2.53. The van der Waals surface area contributed by atoms with Gasteiger partial charge in [0.1, 0.15) is 0 Å². The van der Waals surface area contributed by atoms with E-state index in [1.807, 2.05) is 6.08 Å². The van der Waals surface area contributed by atoms with Gasteiger partial charge in [0.2, 0.25) is 0 Å². The first-order valence-corrected chi connectivity index (χ1v) is 12.0. The Balaban J connectivity index is 1.79. The molecule has 1 N–H and O–H groups in total. The molecule has 2 saturated carbocycles. The number of hydrogen-bond acceptors (Lipinski definition) is 2. The average molecular weight is 403 g/mol. The second-order valence-electron chi connectivity index (χ2n) is 11.4. The van der Waals surface area contributed by atoms with Gasteiger partial charge in [0.15, 0.2) is 5.78 Å². The van der Waals surface area contributed by atoms with Crippen LogP contribution in [0.1, 0.15) is 92.4 Å². The SMILES string of the molecule is CC(C)CCCC(C)C1CCC2C(C(=O)O)C(C3(C)C=CC(=O)CC3)CCC12C. The van der Waals surface area contributed by atoms with Gasteiger partial charge in [-0.2, -0.15) is 0 Å². The van der Waals surface area contributed by atoms with E-state index in [1.54, 1.807) is 6.08 Å². The first kappa shape index (κ1) is 22.6. The second-order valence-corrected chi connectivity index (χ2v) is 11.4. The highest BCUT2D eigenvalue weighted by molar-refractivity contribution is 5.90. The van der Waals surface area contributed by atoms with Crippen LogP contribution in [0.3, 0.4) is 0 Å². The van der Waals surface area contributed by atoms with Crippen LogP contribution in [0.5, 0.6) is 0 Å². The van der Waals surface area contributed by atoms with Crippen molar-refractivity contribution in [3.8, 4) is 0 Å². The molecule has 0 aromatic heterocycles. The first-order chi connectivity index (χ1) is 13.6. The van der Waals surface area contributed by atoms with Crippen molar-refractivity contribution >= 4 is 11.8 Å². The zero-order chi connectivity index (χ0) is 21.4. The van der Waals surface area contributed by atoms with Crippen LogP contribution < -0.4 is 0 Å². The number of rotatable bonds is 7. The number of fused-ring (bicyclic) bond motifs is 1. The number of aliphatic carboxylic acids is 1. The van der Waals surface area contributed by atoms with Gasteiger partial charge >= 0.3 is 5.97 Å². The predicted molar refractivity (Wildman–Crippen MR) is 118 cm³/mol. The Bertz CT molecular complexity index is 650. The Kier molecular flexibility index (Phi) is 6.65. The zero-order valence-electron chi connectivity index (χ0n) is 19.2. The lowest BCUT2D eigenvalue weighted by Crippen LogP contribution is -2.50. The normalized spacial score (nSPS) is 40.8. The molecule has 0 heterocycles. The summed E-state index contributed by atoms with van der Waals surface area (Å²) in [6, 6.07) is 0. The van der Waals surface area contributed by atoms with E-state index in [0.717, 1.165) is 31.6 Å². The predicted octanol–water partition coefficient (Wildman–Crippen LogP) is 6.52. The third kappa shape index (κ3) is 4.35. The molecular weight excluding hydrogens is 360 g/mol. The lowest BCUT2D eigenvalue weighted by atomic mass is 9.51. The van der Waals surface area contributed by atoms with Gasteiger partial charge in [-0.1, -0.05) is 60.0 Å². The van der Waals surface area contributed by atoms with Crippen LogP contribution in [0.4, 0.5) is 0 Å². The van der Waals surface area contributed by atoms with E-state index in [0.29, 0.717) is 18.3 Å². The van der Waals surface area contributed by atoms with E-state index in [9.17, 15) is 14.7 Å². The summed E-state index contributed by atoms with van der Waals surface area (Å²) in [5, 5.41) is 10.3. The molecule has 3 aliphatic carbocycles. The van der Waals surface area contributed by atoms with Crippen LogP contribution in [-0.4, -0.2) is 16.9 Å². The molecule has 3 nitrogen and oxygen atoms in total. The van der Waals surface area contributed by atoms with Crippen molar-refractivity contribution in [1.82, 2.24) is 0 Å². The molecule has 7 atom stereocenters. The van der Waals surface area contributed by atoms with Crippen LogP contribution in [0.2, 0.25) is 0 Å². The summed E-state index contributed by atoms with van der Waals surface area (Å²) in [4.78, 5) is 24.3. The van der Waals surface area contributed by atoms with Gasteiger partial charge < -0.3 is 5.11 Å². The molecule has 3 rings (SSSR count). The summed E-state index contributed by atoms with van der Waals surface area (Å²) in [6.07, 6.45) is 13.3. The molecule has 3 heteroatoms. The molecule has 29 heavy (non-hydrogen) atoms. The maximum absolute atomic E-state index is 12.5. The summed E-state index contributed by atoms with van der Waals surface area (Å²) in [7, 11) is 0. The average Bonchev–Trinajstić information content (AvgIpc) is 3.00. The molecule has 0 saturated heterocycles. The number of allylic oxidation sites excluding steroid dienone is 2. The molecule has 0 bridgehead atoms. The number of ketones is 1. The van der Waals surface area contributed by atoms with Crippen molar-refractivity contribution in [1.29, 1.82) is 0 Å². The van der Waals surface area contributed by atoms with E-state index in [2.05, 4.69) is 34.6 Å². The van der Waals surface area contributed by atoms with E-state index in [1.165, 1.54) is 25.7 Å². The van der Waals surface area contributed by atoms with Crippen molar-refractivity contribution < 1.29 is 14.7 Å². The standard InChI is InChI=1S/C26H42O3/c1-17(2)7-6-8-18(3)20-9-10-22-23(24(28)29)21(13-16-26(20,22)5)25(4)14-11-19(27)12-15-25/h11,14,17-18,20-23H,6-10,12-13,15-16H2,1-5H3,(H,28,29). The van der Waals surface area contributed by atoms with E-state index in [-0.39, 0.29) is 34.4 Å². The topological polar surface area (TPSA) is 54.4 Å². The van der Waals surface area contributed by atoms with Crippen LogP contribution in [0, 0.1) is 46.3 Å². The largest absolute Gasteiger partial charge is 0.481 e. The Morgan fingerprint density at radius 3 is 2.41 bits per heavy atom. The van der Waals surface area contributed by atoms with Gasteiger partial charge in [0.25, 0.3) is 0 Å². The van der Waals surface area contributed by atoms with Crippen LogP contribution in [0.15, 0.2) is 12.2 Å². The molecule has 3 aliphatic rings. The number of carbonyl (C=O) groups excluding carboxylic acids is 1. The maximum Gasteiger partial charge on any atom is 0.307 e. The Morgan fingerprint density at radius 2 is 1.83 bits per heavy atom. The van der Waals surface area contributed by atoms with Crippen LogP contribution in [-0.2, 0) is 9.59 Å². The summed E-state index contributed by atoms with van der Waals surface area (Å²) in [5.74, 6) is 1.83. The third-order valence-corrected chi connectivity index (χ3v) is 9.16. The number of carboxylic acid groups (broad SMARTS) is 1. The molecule has 0 aliphatic heterocycles. The summed E-state index contributed by atoms with van der Waals surface area (Å²) < 4.78 is 0. The van der Waals surface area contributed by atoms with Crippen molar-refractivity contribution in [3.63, 3.8) is 0 Å². The minimum Gasteiger partial charge on any atom is -0.481 e. The van der Waals surface area contributed by atoms with Gasteiger partial charge in [0, 0.05) is 6.42 Å². The highest BCUT2D eigenvalue weighted by atomic mass is 16.4. The molecule has 164 valence electrons. The maximum atomic E-state index is 12.5. The Morgan fingerprint density at radius 1 is 1.10 bits per heavy atom. The first-order valence-electron chi connectivity index (χ1n) is 12.0. The van der Waals surface area contributed by atoms with Crippen LogP contribution >= 0.6 is 0 Å². The number of hydrogen-bond donors (Lipinski definition) is 1. The van der Waals surface area contributed by atoms with E-state index >= 15 is 0 Å². The zero-order valence-corrected chi connectivity index (χ0v) is 19.2. The number of carboxylic acids is 1. The minimum atomic E-state index is -0.606.